The van der Waals surface area contributed by atoms with Crippen molar-refractivity contribution in [3.05, 3.63) is 81.1 Å². The van der Waals surface area contributed by atoms with Crippen LogP contribution in [-0.4, -0.2) is 10.8 Å². The van der Waals surface area contributed by atoms with E-state index in [4.69, 9.17) is 16.0 Å². The summed E-state index contributed by atoms with van der Waals surface area (Å²) in [7, 11) is 0. The summed E-state index contributed by atoms with van der Waals surface area (Å²) in [4.78, 5) is 15.3. The summed E-state index contributed by atoms with van der Waals surface area (Å²) in [5, 5.41) is 2.20. The Morgan fingerprint density at radius 2 is 2.09 bits per heavy atom. The van der Waals surface area contributed by atoms with Gasteiger partial charge in [0, 0.05) is 9.90 Å². The maximum absolute atomic E-state index is 14.1. The van der Waals surface area contributed by atoms with Crippen molar-refractivity contribution in [2.24, 2.45) is 0 Å². The summed E-state index contributed by atoms with van der Waals surface area (Å²) in [5.74, 6) is -0.383. The first-order valence-corrected chi connectivity index (χ1v) is 8.18. The Hall–Kier alpha value is -2.11. The smallest absolute Gasteiger partial charge is 0.257 e. The quantitative estimate of drug-likeness (QED) is 0.651. The van der Waals surface area contributed by atoms with Crippen LogP contribution in [0.1, 0.15) is 21.0 Å². The molecule has 3 rings (SSSR count). The lowest BCUT2D eigenvalue weighted by Gasteiger charge is -2.21. The first kappa shape index (κ1) is 15.8. The lowest BCUT2D eigenvalue weighted by molar-refractivity contribution is 0.0715. The molecule has 1 amide bonds. The molecule has 0 spiro atoms. The Morgan fingerprint density at radius 1 is 1.22 bits per heavy atom. The maximum atomic E-state index is 14.1. The molecule has 2 heterocycles. The standard InChI is InChI=1S/C17H13ClFNO2S/c18-12-5-6-15(16(19)9-12)17(21)20(10-13-3-1-7-22-13)11-14-4-2-8-23-14/h1-9H,10-11H2. The van der Waals surface area contributed by atoms with E-state index >= 15 is 0 Å². The molecule has 0 aliphatic rings. The summed E-state index contributed by atoms with van der Waals surface area (Å²) >= 11 is 7.30. The summed E-state index contributed by atoms with van der Waals surface area (Å²) in [6.07, 6.45) is 1.55. The van der Waals surface area contributed by atoms with Gasteiger partial charge in [-0.2, -0.15) is 0 Å². The van der Waals surface area contributed by atoms with Gasteiger partial charge in [-0.1, -0.05) is 17.7 Å². The van der Waals surface area contributed by atoms with Crippen LogP contribution in [0.2, 0.25) is 5.02 Å². The monoisotopic (exact) mass is 349 g/mol. The van der Waals surface area contributed by atoms with Gasteiger partial charge in [0.15, 0.2) is 0 Å². The molecule has 23 heavy (non-hydrogen) atoms. The molecule has 0 unspecified atom stereocenters. The van der Waals surface area contributed by atoms with Gasteiger partial charge in [-0.15, -0.1) is 11.3 Å². The van der Waals surface area contributed by atoms with Gasteiger partial charge in [0.25, 0.3) is 5.91 Å². The van der Waals surface area contributed by atoms with Crippen LogP contribution in [0.5, 0.6) is 0 Å². The Bertz CT molecular complexity index is 751. The SMILES string of the molecule is O=C(c1ccc(Cl)cc1F)N(Cc1ccco1)Cc1cccs1. The molecule has 0 saturated carbocycles. The van der Waals surface area contributed by atoms with Crippen molar-refractivity contribution in [1.82, 2.24) is 4.90 Å². The summed E-state index contributed by atoms with van der Waals surface area (Å²) < 4.78 is 19.4. The maximum Gasteiger partial charge on any atom is 0.257 e. The van der Waals surface area contributed by atoms with Crippen LogP contribution in [0.4, 0.5) is 4.39 Å². The molecule has 0 saturated heterocycles. The van der Waals surface area contributed by atoms with Crippen molar-refractivity contribution in [2.75, 3.05) is 0 Å². The van der Waals surface area contributed by atoms with Crippen molar-refractivity contribution in [1.29, 1.82) is 0 Å². The zero-order valence-electron chi connectivity index (χ0n) is 12.0. The summed E-state index contributed by atoms with van der Waals surface area (Å²) in [6.45, 7) is 0.658. The number of thiophene rings is 1. The van der Waals surface area contributed by atoms with E-state index < -0.39 is 11.7 Å². The number of amides is 1. The average Bonchev–Trinajstić information content (AvgIpc) is 3.19. The molecule has 0 atom stereocenters. The van der Waals surface area contributed by atoms with E-state index in [1.807, 2.05) is 17.5 Å². The molecule has 2 aromatic heterocycles. The predicted octanol–water partition coefficient (Wildman–Crippen LogP) is 4.98. The van der Waals surface area contributed by atoms with Crippen molar-refractivity contribution >= 4 is 28.8 Å². The Labute approximate surface area is 141 Å². The molecule has 0 aliphatic heterocycles. The lowest BCUT2D eigenvalue weighted by atomic mass is 10.1. The topological polar surface area (TPSA) is 33.5 Å². The number of hydrogen-bond acceptors (Lipinski definition) is 3. The second-order valence-electron chi connectivity index (χ2n) is 4.94. The van der Waals surface area contributed by atoms with Crippen LogP contribution in [0.15, 0.2) is 58.5 Å². The lowest BCUT2D eigenvalue weighted by Crippen LogP contribution is -2.30. The molecule has 0 N–H and O–H groups in total. The number of halogens is 2. The number of carbonyl (C=O) groups is 1. The average molecular weight is 350 g/mol. The van der Waals surface area contributed by atoms with E-state index in [1.165, 1.54) is 12.1 Å². The Balaban J connectivity index is 1.88. The van der Waals surface area contributed by atoms with Gasteiger partial charge in [0.05, 0.1) is 24.9 Å². The highest BCUT2D eigenvalue weighted by atomic mass is 35.5. The molecule has 0 aliphatic carbocycles. The first-order chi connectivity index (χ1) is 11.1. The second-order valence-corrected chi connectivity index (χ2v) is 6.41. The number of nitrogens with zero attached hydrogens (tertiary/aromatic N) is 1. The van der Waals surface area contributed by atoms with E-state index in [0.717, 1.165) is 10.9 Å². The van der Waals surface area contributed by atoms with Gasteiger partial charge in [-0.05, 0) is 41.8 Å². The normalized spacial score (nSPS) is 10.7. The van der Waals surface area contributed by atoms with E-state index in [2.05, 4.69) is 0 Å². The molecule has 3 aromatic rings. The number of benzene rings is 1. The summed E-state index contributed by atoms with van der Waals surface area (Å²) in [5.41, 5.74) is -0.00230. The van der Waals surface area contributed by atoms with Crippen LogP contribution in [0, 0.1) is 5.82 Å². The van der Waals surface area contributed by atoms with Crippen molar-refractivity contribution in [3.63, 3.8) is 0 Å². The van der Waals surface area contributed by atoms with Crippen LogP contribution < -0.4 is 0 Å². The van der Waals surface area contributed by atoms with Gasteiger partial charge >= 0.3 is 0 Å². The van der Waals surface area contributed by atoms with Crippen molar-refractivity contribution in [3.8, 4) is 0 Å². The number of hydrogen-bond donors (Lipinski definition) is 0. The fourth-order valence-corrected chi connectivity index (χ4v) is 3.09. The molecule has 118 valence electrons. The largest absolute Gasteiger partial charge is 0.467 e. The van der Waals surface area contributed by atoms with Crippen LogP contribution in [0.25, 0.3) is 0 Å². The number of furan rings is 1. The minimum atomic E-state index is -0.627. The first-order valence-electron chi connectivity index (χ1n) is 6.92. The zero-order chi connectivity index (χ0) is 16.2. The van der Waals surface area contributed by atoms with Gasteiger partial charge in [0.1, 0.15) is 11.6 Å². The third-order valence-corrected chi connectivity index (χ3v) is 4.40. The fourth-order valence-electron chi connectivity index (χ4n) is 2.21. The van der Waals surface area contributed by atoms with Crippen molar-refractivity contribution in [2.45, 2.75) is 13.1 Å². The zero-order valence-corrected chi connectivity index (χ0v) is 13.6. The van der Waals surface area contributed by atoms with Gasteiger partial charge in [0.2, 0.25) is 0 Å². The van der Waals surface area contributed by atoms with Gasteiger partial charge in [-0.25, -0.2) is 4.39 Å². The summed E-state index contributed by atoms with van der Waals surface area (Å²) in [6, 6.07) is 11.4. The minimum Gasteiger partial charge on any atom is -0.467 e. The molecule has 1 aromatic carbocycles. The number of carbonyl (C=O) groups excluding carboxylic acids is 1. The van der Waals surface area contributed by atoms with Crippen LogP contribution in [0.3, 0.4) is 0 Å². The minimum absolute atomic E-state index is 0.00230. The molecule has 3 nitrogen and oxygen atoms in total. The second kappa shape index (κ2) is 6.98. The Kier molecular flexibility index (Phi) is 4.79. The molecule has 0 radical (unpaired) electrons. The molecular weight excluding hydrogens is 337 g/mol. The third kappa shape index (κ3) is 3.81. The number of rotatable bonds is 5. The highest BCUT2D eigenvalue weighted by Gasteiger charge is 2.21. The van der Waals surface area contributed by atoms with Crippen molar-refractivity contribution < 1.29 is 13.6 Å². The molecule has 0 bridgehead atoms. The van der Waals surface area contributed by atoms with E-state index in [1.54, 1.807) is 34.6 Å². The van der Waals surface area contributed by atoms with E-state index in [-0.39, 0.29) is 17.1 Å². The highest BCUT2D eigenvalue weighted by molar-refractivity contribution is 7.09. The Morgan fingerprint density at radius 3 is 2.74 bits per heavy atom. The van der Waals surface area contributed by atoms with Crippen LogP contribution in [-0.2, 0) is 13.1 Å². The van der Waals surface area contributed by atoms with Gasteiger partial charge in [-0.3, -0.25) is 4.79 Å². The fraction of sp³-hybridized carbons (Fsp3) is 0.118. The molecule has 6 heteroatoms. The van der Waals surface area contributed by atoms with Gasteiger partial charge < -0.3 is 9.32 Å². The molecule has 0 fully saturated rings. The van der Waals surface area contributed by atoms with Crippen LogP contribution >= 0.6 is 22.9 Å². The van der Waals surface area contributed by atoms with E-state index in [9.17, 15) is 9.18 Å². The molecular formula is C17H13ClFNO2S. The highest BCUT2D eigenvalue weighted by Crippen LogP contribution is 2.20. The van der Waals surface area contributed by atoms with E-state index in [0.29, 0.717) is 12.3 Å². The third-order valence-electron chi connectivity index (χ3n) is 3.30. The predicted molar refractivity (Wildman–Crippen MR) is 88.0 cm³/mol.